The first-order valence-electron chi connectivity index (χ1n) is 7.83. The molecule has 3 rings (SSSR count). The van der Waals surface area contributed by atoms with E-state index >= 15 is 0 Å². The molecule has 1 fully saturated rings. The molecule has 0 atom stereocenters. The van der Waals surface area contributed by atoms with Gasteiger partial charge in [-0.25, -0.2) is 17.2 Å². The van der Waals surface area contributed by atoms with E-state index in [-0.39, 0.29) is 42.4 Å². The summed E-state index contributed by atoms with van der Waals surface area (Å²) in [5, 5.41) is 2.24. The Hall–Kier alpha value is -2.36. The van der Waals surface area contributed by atoms with Gasteiger partial charge in [0.2, 0.25) is 10.0 Å². The van der Waals surface area contributed by atoms with Gasteiger partial charge < -0.3 is 10.1 Å². The third-order valence-corrected chi connectivity index (χ3v) is 5.81. The quantitative estimate of drug-likeness (QED) is 0.880. The second-order valence-corrected chi connectivity index (χ2v) is 7.53. The summed E-state index contributed by atoms with van der Waals surface area (Å²) in [5.41, 5.74) is -0.476. The summed E-state index contributed by atoms with van der Waals surface area (Å²) in [4.78, 5) is 11.8. The summed E-state index contributed by atoms with van der Waals surface area (Å²) in [6.45, 7) is 0.933. The highest BCUT2D eigenvalue weighted by Gasteiger charge is 2.27. The van der Waals surface area contributed by atoms with E-state index in [4.69, 9.17) is 4.74 Å². The Balaban J connectivity index is 1.81. The largest absolute Gasteiger partial charge is 0.379 e. The maximum absolute atomic E-state index is 14.3. The second-order valence-electron chi connectivity index (χ2n) is 5.59. The molecule has 0 aromatic heterocycles. The second kappa shape index (κ2) is 7.48. The Morgan fingerprint density at radius 3 is 2.38 bits per heavy atom. The summed E-state index contributed by atoms with van der Waals surface area (Å²) in [5.74, 6) is -2.49. The van der Waals surface area contributed by atoms with Gasteiger partial charge in [0.05, 0.1) is 29.4 Å². The molecule has 1 heterocycles. The molecular formula is C17H16F2N2O4S. The van der Waals surface area contributed by atoms with E-state index in [0.29, 0.717) is 0 Å². The van der Waals surface area contributed by atoms with Crippen LogP contribution in [0, 0.1) is 11.6 Å². The van der Waals surface area contributed by atoms with Gasteiger partial charge in [-0.2, -0.15) is 4.31 Å². The van der Waals surface area contributed by atoms with Gasteiger partial charge in [-0.3, -0.25) is 4.79 Å². The number of morpholine rings is 1. The first-order chi connectivity index (χ1) is 12.4. The molecule has 0 bridgehead atoms. The molecule has 0 unspecified atom stereocenters. The maximum atomic E-state index is 14.3. The molecule has 1 saturated heterocycles. The molecular weight excluding hydrogens is 366 g/mol. The van der Waals surface area contributed by atoms with E-state index in [0.717, 1.165) is 18.2 Å². The number of anilines is 1. The van der Waals surface area contributed by atoms with Crippen LogP contribution in [-0.4, -0.2) is 44.9 Å². The fourth-order valence-corrected chi connectivity index (χ4v) is 3.95. The van der Waals surface area contributed by atoms with Gasteiger partial charge in [0.1, 0.15) is 11.6 Å². The minimum atomic E-state index is -3.85. The van der Waals surface area contributed by atoms with Crippen LogP contribution in [0.4, 0.5) is 14.5 Å². The molecule has 1 N–H and O–H groups in total. The van der Waals surface area contributed by atoms with E-state index in [2.05, 4.69) is 5.32 Å². The standard InChI is InChI=1S/C17H16F2N2O4S/c18-14-4-2-1-3-13(14)17(22)20-16-6-5-12(11-15(16)19)26(23,24)21-7-9-25-10-8-21/h1-6,11H,7-10H2,(H,20,22). The predicted molar refractivity (Wildman–Crippen MR) is 90.3 cm³/mol. The van der Waals surface area contributed by atoms with Crippen LogP contribution in [0.3, 0.4) is 0 Å². The van der Waals surface area contributed by atoms with Gasteiger partial charge in [0.25, 0.3) is 5.91 Å². The van der Waals surface area contributed by atoms with Crippen molar-refractivity contribution in [2.45, 2.75) is 4.90 Å². The normalized spacial score (nSPS) is 15.6. The monoisotopic (exact) mass is 382 g/mol. The number of halogens is 2. The fourth-order valence-electron chi connectivity index (χ4n) is 2.53. The summed E-state index contributed by atoms with van der Waals surface area (Å²) >= 11 is 0. The van der Waals surface area contributed by atoms with E-state index in [1.54, 1.807) is 0 Å². The Bertz CT molecular complexity index is 928. The van der Waals surface area contributed by atoms with Crippen molar-refractivity contribution in [3.63, 3.8) is 0 Å². The van der Waals surface area contributed by atoms with E-state index in [9.17, 15) is 22.0 Å². The fraction of sp³-hybridized carbons (Fsp3) is 0.235. The third-order valence-electron chi connectivity index (χ3n) is 3.92. The summed E-state index contributed by atoms with van der Waals surface area (Å²) in [7, 11) is -3.85. The van der Waals surface area contributed by atoms with Crippen LogP contribution in [0.25, 0.3) is 0 Å². The topological polar surface area (TPSA) is 75.7 Å². The van der Waals surface area contributed by atoms with Gasteiger partial charge in [-0.15, -0.1) is 0 Å². The Morgan fingerprint density at radius 2 is 1.73 bits per heavy atom. The number of sulfonamides is 1. The average molecular weight is 382 g/mol. The zero-order valence-corrected chi connectivity index (χ0v) is 14.4. The van der Waals surface area contributed by atoms with Crippen molar-refractivity contribution in [2.75, 3.05) is 31.6 Å². The highest BCUT2D eigenvalue weighted by molar-refractivity contribution is 7.89. The summed E-state index contributed by atoms with van der Waals surface area (Å²) in [6.07, 6.45) is 0. The van der Waals surface area contributed by atoms with Crippen LogP contribution in [0.2, 0.25) is 0 Å². The first kappa shape index (κ1) is 18.4. The number of carbonyl (C=O) groups is 1. The van der Waals surface area contributed by atoms with Crippen LogP contribution in [-0.2, 0) is 14.8 Å². The maximum Gasteiger partial charge on any atom is 0.258 e. The lowest BCUT2D eigenvalue weighted by Crippen LogP contribution is -2.40. The lowest BCUT2D eigenvalue weighted by Gasteiger charge is -2.26. The molecule has 26 heavy (non-hydrogen) atoms. The van der Waals surface area contributed by atoms with Crippen molar-refractivity contribution in [2.24, 2.45) is 0 Å². The minimum absolute atomic E-state index is 0.190. The number of hydrogen-bond acceptors (Lipinski definition) is 4. The average Bonchev–Trinajstić information content (AvgIpc) is 2.64. The number of amides is 1. The van der Waals surface area contributed by atoms with Gasteiger partial charge in [0, 0.05) is 13.1 Å². The van der Waals surface area contributed by atoms with Gasteiger partial charge in [-0.1, -0.05) is 12.1 Å². The van der Waals surface area contributed by atoms with Crippen LogP contribution in [0.5, 0.6) is 0 Å². The lowest BCUT2D eigenvalue weighted by molar-refractivity contribution is 0.0730. The number of nitrogens with zero attached hydrogens (tertiary/aromatic N) is 1. The summed E-state index contributed by atoms with van der Waals surface area (Å²) < 4.78 is 59.3. The van der Waals surface area contributed by atoms with Crippen molar-refractivity contribution in [3.05, 3.63) is 59.7 Å². The summed E-state index contributed by atoms with van der Waals surface area (Å²) in [6, 6.07) is 8.46. The molecule has 0 aliphatic carbocycles. The van der Waals surface area contributed by atoms with Crippen LogP contribution < -0.4 is 5.32 Å². The molecule has 6 nitrogen and oxygen atoms in total. The SMILES string of the molecule is O=C(Nc1ccc(S(=O)(=O)N2CCOCC2)cc1F)c1ccccc1F. The van der Waals surface area contributed by atoms with Crippen LogP contribution in [0.15, 0.2) is 47.4 Å². The van der Waals surface area contributed by atoms with E-state index in [1.807, 2.05) is 0 Å². The number of rotatable bonds is 4. The number of benzene rings is 2. The lowest BCUT2D eigenvalue weighted by atomic mass is 10.2. The molecule has 0 spiro atoms. The zero-order chi connectivity index (χ0) is 18.7. The predicted octanol–water partition coefficient (Wildman–Crippen LogP) is 2.24. The van der Waals surface area contributed by atoms with Crippen molar-refractivity contribution < 1.29 is 26.7 Å². The number of nitrogens with one attached hydrogen (secondary N) is 1. The van der Waals surface area contributed by atoms with Crippen molar-refractivity contribution in [3.8, 4) is 0 Å². The van der Waals surface area contributed by atoms with E-state index in [1.165, 1.54) is 28.6 Å². The number of hydrogen-bond donors (Lipinski definition) is 1. The first-order valence-corrected chi connectivity index (χ1v) is 9.27. The van der Waals surface area contributed by atoms with Gasteiger partial charge >= 0.3 is 0 Å². The Kier molecular flexibility index (Phi) is 5.30. The molecule has 2 aromatic rings. The van der Waals surface area contributed by atoms with Crippen molar-refractivity contribution >= 4 is 21.6 Å². The minimum Gasteiger partial charge on any atom is -0.379 e. The number of carbonyl (C=O) groups excluding carboxylic acids is 1. The molecule has 1 aliphatic rings. The molecule has 2 aromatic carbocycles. The highest BCUT2D eigenvalue weighted by atomic mass is 32.2. The van der Waals surface area contributed by atoms with Crippen LogP contribution >= 0.6 is 0 Å². The van der Waals surface area contributed by atoms with Crippen molar-refractivity contribution in [1.82, 2.24) is 4.31 Å². The molecule has 0 saturated carbocycles. The molecule has 1 amide bonds. The highest BCUT2D eigenvalue weighted by Crippen LogP contribution is 2.23. The Morgan fingerprint density at radius 1 is 1.04 bits per heavy atom. The van der Waals surface area contributed by atoms with Crippen LogP contribution in [0.1, 0.15) is 10.4 Å². The Labute approximate surface area is 149 Å². The van der Waals surface area contributed by atoms with Crippen molar-refractivity contribution in [1.29, 1.82) is 0 Å². The van der Waals surface area contributed by atoms with E-state index < -0.39 is 27.6 Å². The smallest absolute Gasteiger partial charge is 0.258 e. The molecule has 9 heteroatoms. The third kappa shape index (κ3) is 3.74. The zero-order valence-electron chi connectivity index (χ0n) is 13.6. The number of ether oxygens (including phenoxy) is 1. The molecule has 138 valence electrons. The van der Waals surface area contributed by atoms with Gasteiger partial charge in [0.15, 0.2) is 0 Å². The molecule has 1 aliphatic heterocycles. The molecule has 0 radical (unpaired) electrons. The van der Waals surface area contributed by atoms with Gasteiger partial charge in [-0.05, 0) is 30.3 Å².